The Hall–Kier alpha value is -1.10. The van der Waals surface area contributed by atoms with E-state index in [0.29, 0.717) is 17.4 Å². The third kappa shape index (κ3) is 17.7. The predicted molar refractivity (Wildman–Crippen MR) is 103 cm³/mol. The highest BCUT2D eigenvalue weighted by molar-refractivity contribution is 5.70. The standard InChI is InChI=1S/C21H41NO4/c1-5-6-7-8-9-10-11-12-13-14-15-16-21(25)26-19(17-20(23)24)18-22(2,3)4/h19H,5-18H2,1-4H3. The van der Waals surface area contributed by atoms with E-state index in [0.717, 1.165) is 19.3 Å². The van der Waals surface area contributed by atoms with Gasteiger partial charge < -0.3 is 19.1 Å². The van der Waals surface area contributed by atoms with Crippen molar-refractivity contribution in [3.05, 3.63) is 0 Å². The van der Waals surface area contributed by atoms with E-state index in [1.54, 1.807) is 0 Å². The molecule has 0 aliphatic heterocycles. The van der Waals surface area contributed by atoms with E-state index in [-0.39, 0.29) is 12.4 Å². The number of ether oxygens (including phenoxy) is 1. The minimum atomic E-state index is -1.18. The van der Waals surface area contributed by atoms with Crippen LogP contribution in [-0.4, -0.2) is 50.2 Å². The summed E-state index contributed by atoms with van der Waals surface area (Å²) in [5.74, 6) is -1.47. The highest BCUT2D eigenvalue weighted by atomic mass is 16.5. The lowest BCUT2D eigenvalue weighted by Gasteiger charge is -2.29. The smallest absolute Gasteiger partial charge is 0.306 e. The summed E-state index contributed by atoms with van der Waals surface area (Å²) >= 11 is 0. The Bertz CT molecular complexity index is 377. The Balaban J connectivity index is 3.72. The molecule has 26 heavy (non-hydrogen) atoms. The zero-order valence-electron chi connectivity index (χ0n) is 17.6. The van der Waals surface area contributed by atoms with Crippen LogP contribution < -0.4 is 5.11 Å². The van der Waals surface area contributed by atoms with Crippen molar-refractivity contribution < 1.29 is 23.9 Å². The molecule has 0 aliphatic rings. The van der Waals surface area contributed by atoms with E-state index in [1.165, 1.54) is 51.4 Å². The number of carbonyl (C=O) groups is 2. The average Bonchev–Trinajstić information content (AvgIpc) is 2.50. The first-order valence-electron chi connectivity index (χ1n) is 10.4. The van der Waals surface area contributed by atoms with Crippen LogP contribution in [0.15, 0.2) is 0 Å². The van der Waals surface area contributed by atoms with Crippen molar-refractivity contribution in [1.82, 2.24) is 0 Å². The molecule has 154 valence electrons. The van der Waals surface area contributed by atoms with Gasteiger partial charge in [0.1, 0.15) is 6.54 Å². The second kappa shape index (κ2) is 15.0. The number of aliphatic carboxylic acids is 1. The Kier molecular flexibility index (Phi) is 14.4. The molecule has 0 saturated carbocycles. The maximum atomic E-state index is 11.9. The summed E-state index contributed by atoms with van der Waals surface area (Å²) in [5, 5.41) is 10.8. The average molecular weight is 372 g/mol. The van der Waals surface area contributed by atoms with Crippen molar-refractivity contribution in [3.8, 4) is 0 Å². The van der Waals surface area contributed by atoms with Gasteiger partial charge in [0.25, 0.3) is 0 Å². The number of rotatable bonds is 17. The molecular formula is C21H41NO4. The van der Waals surface area contributed by atoms with Crippen molar-refractivity contribution >= 4 is 11.9 Å². The zero-order valence-corrected chi connectivity index (χ0v) is 17.6. The number of quaternary nitrogens is 1. The van der Waals surface area contributed by atoms with E-state index in [4.69, 9.17) is 4.74 Å². The topological polar surface area (TPSA) is 66.4 Å². The van der Waals surface area contributed by atoms with Crippen LogP contribution in [0.3, 0.4) is 0 Å². The molecule has 5 heteroatoms. The normalized spacial score (nSPS) is 12.8. The summed E-state index contributed by atoms with van der Waals surface area (Å²) in [6, 6.07) is 0. The van der Waals surface area contributed by atoms with Crippen LogP contribution >= 0.6 is 0 Å². The fourth-order valence-electron chi connectivity index (χ4n) is 3.12. The molecule has 0 aromatic rings. The summed E-state index contributed by atoms with van der Waals surface area (Å²) in [7, 11) is 5.83. The summed E-state index contributed by atoms with van der Waals surface area (Å²) in [6.07, 6.45) is 13.1. The Morgan fingerprint density at radius 2 is 1.31 bits per heavy atom. The minimum Gasteiger partial charge on any atom is -0.550 e. The van der Waals surface area contributed by atoms with Gasteiger partial charge >= 0.3 is 5.97 Å². The molecule has 1 atom stereocenters. The van der Waals surface area contributed by atoms with E-state index in [1.807, 2.05) is 21.1 Å². The molecule has 0 aromatic carbocycles. The number of carboxylic acids is 1. The molecule has 0 fully saturated rings. The number of carboxylic acid groups (broad SMARTS) is 1. The molecule has 0 bridgehead atoms. The van der Waals surface area contributed by atoms with Gasteiger partial charge in [0.05, 0.1) is 21.1 Å². The summed E-state index contributed by atoms with van der Waals surface area (Å²) in [4.78, 5) is 22.8. The van der Waals surface area contributed by atoms with Gasteiger partial charge in [-0.1, -0.05) is 71.1 Å². The quantitative estimate of drug-likeness (QED) is 0.223. The van der Waals surface area contributed by atoms with Gasteiger partial charge in [-0.2, -0.15) is 0 Å². The molecular weight excluding hydrogens is 330 g/mol. The largest absolute Gasteiger partial charge is 0.550 e. The number of hydrogen-bond donors (Lipinski definition) is 0. The van der Waals surface area contributed by atoms with Crippen LogP contribution in [0.1, 0.15) is 90.4 Å². The van der Waals surface area contributed by atoms with Crippen molar-refractivity contribution in [2.45, 2.75) is 96.5 Å². The van der Waals surface area contributed by atoms with Gasteiger partial charge in [-0.3, -0.25) is 4.79 Å². The minimum absolute atomic E-state index is 0.237. The first-order chi connectivity index (χ1) is 12.2. The van der Waals surface area contributed by atoms with Crippen molar-refractivity contribution in [2.24, 2.45) is 0 Å². The van der Waals surface area contributed by atoms with Crippen LogP contribution in [-0.2, 0) is 14.3 Å². The van der Waals surface area contributed by atoms with Gasteiger partial charge in [-0.05, 0) is 6.42 Å². The first kappa shape index (κ1) is 24.9. The van der Waals surface area contributed by atoms with Gasteiger partial charge in [-0.15, -0.1) is 0 Å². The van der Waals surface area contributed by atoms with Crippen molar-refractivity contribution in [1.29, 1.82) is 0 Å². The van der Waals surface area contributed by atoms with Crippen LogP contribution in [0.5, 0.6) is 0 Å². The molecule has 5 nitrogen and oxygen atoms in total. The lowest BCUT2D eigenvalue weighted by atomic mass is 10.1. The molecule has 0 N–H and O–H groups in total. The summed E-state index contributed by atoms with van der Waals surface area (Å²) < 4.78 is 5.90. The maximum Gasteiger partial charge on any atom is 0.306 e. The van der Waals surface area contributed by atoms with E-state index in [2.05, 4.69) is 6.92 Å². The Morgan fingerprint density at radius 1 is 0.846 bits per heavy atom. The highest BCUT2D eigenvalue weighted by Gasteiger charge is 2.22. The molecule has 0 radical (unpaired) electrons. The monoisotopic (exact) mass is 371 g/mol. The fraction of sp³-hybridized carbons (Fsp3) is 0.905. The lowest BCUT2D eigenvalue weighted by Crippen LogP contribution is -2.45. The first-order valence-corrected chi connectivity index (χ1v) is 10.4. The molecule has 1 unspecified atom stereocenters. The zero-order chi connectivity index (χ0) is 19.8. The van der Waals surface area contributed by atoms with Crippen LogP contribution in [0.4, 0.5) is 0 Å². The predicted octanol–water partition coefficient (Wildman–Crippen LogP) is 3.45. The highest BCUT2D eigenvalue weighted by Crippen LogP contribution is 2.13. The Morgan fingerprint density at radius 3 is 1.73 bits per heavy atom. The SMILES string of the molecule is CCCCCCCCCCCCCC(=O)OC(CC(=O)[O-])C[N+](C)(C)C. The van der Waals surface area contributed by atoms with Crippen LogP contribution in [0.2, 0.25) is 0 Å². The number of carbonyl (C=O) groups excluding carboxylic acids is 2. The lowest BCUT2D eigenvalue weighted by molar-refractivity contribution is -0.873. The number of unbranched alkanes of at least 4 members (excludes halogenated alkanes) is 10. The second-order valence-electron chi connectivity index (χ2n) is 8.45. The molecule has 0 aliphatic carbocycles. The molecule has 0 amide bonds. The third-order valence-corrected chi connectivity index (χ3v) is 4.43. The van der Waals surface area contributed by atoms with Gasteiger partial charge in [0.15, 0.2) is 6.10 Å². The van der Waals surface area contributed by atoms with E-state index in [9.17, 15) is 14.7 Å². The summed E-state index contributed by atoms with van der Waals surface area (Å²) in [6.45, 7) is 2.71. The van der Waals surface area contributed by atoms with Crippen molar-refractivity contribution in [2.75, 3.05) is 27.7 Å². The number of nitrogens with zero attached hydrogens (tertiary/aromatic N) is 1. The summed E-state index contributed by atoms with van der Waals surface area (Å²) in [5.41, 5.74) is 0. The molecule has 0 aromatic heterocycles. The van der Waals surface area contributed by atoms with Crippen molar-refractivity contribution in [3.63, 3.8) is 0 Å². The molecule has 0 saturated heterocycles. The fourth-order valence-corrected chi connectivity index (χ4v) is 3.12. The van der Waals surface area contributed by atoms with Crippen LogP contribution in [0, 0.1) is 0 Å². The van der Waals surface area contributed by atoms with Crippen LogP contribution in [0.25, 0.3) is 0 Å². The molecule has 0 heterocycles. The number of hydrogen-bond acceptors (Lipinski definition) is 4. The van der Waals surface area contributed by atoms with Gasteiger partial charge in [0, 0.05) is 18.8 Å². The number of likely N-dealkylation sites (N-methyl/N-ethyl adjacent to an activating group) is 1. The third-order valence-electron chi connectivity index (χ3n) is 4.43. The van der Waals surface area contributed by atoms with E-state index >= 15 is 0 Å². The molecule has 0 rings (SSSR count). The van der Waals surface area contributed by atoms with Gasteiger partial charge in [0.2, 0.25) is 0 Å². The van der Waals surface area contributed by atoms with Gasteiger partial charge in [-0.25, -0.2) is 0 Å². The second-order valence-corrected chi connectivity index (χ2v) is 8.45. The maximum absolute atomic E-state index is 11.9. The molecule has 0 spiro atoms. The Labute approximate surface area is 160 Å². The van der Waals surface area contributed by atoms with E-state index < -0.39 is 12.1 Å². The number of esters is 1.